The van der Waals surface area contributed by atoms with E-state index in [0.717, 1.165) is 12.8 Å². The number of hydrogen-bond donors (Lipinski definition) is 3. The predicted molar refractivity (Wildman–Crippen MR) is 121 cm³/mol. The van der Waals surface area contributed by atoms with Crippen LogP contribution in [0.2, 0.25) is 0 Å². The zero-order valence-electron chi connectivity index (χ0n) is 19.2. The van der Waals surface area contributed by atoms with Gasteiger partial charge in [-0.15, -0.1) is 0 Å². The number of amides is 3. The van der Waals surface area contributed by atoms with Gasteiger partial charge in [0.1, 0.15) is 0 Å². The van der Waals surface area contributed by atoms with E-state index in [9.17, 15) is 29.4 Å². The van der Waals surface area contributed by atoms with Crippen molar-refractivity contribution in [1.29, 1.82) is 0 Å². The average molecular weight is 472 g/mol. The maximum Gasteiger partial charge on any atom is 0.304 e. The minimum atomic E-state index is -1.91. The predicted octanol–water partition coefficient (Wildman–Crippen LogP) is 1.02. The number of hydrogen-bond acceptors (Lipinski definition) is 7. The molecule has 3 N–H and O–H groups in total. The van der Waals surface area contributed by atoms with E-state index in [1.807, 2.05) is 0 Å². The first kappa shape index (κ1) is 23.9. The van der Waals surface area contributed by atoms with Gasteiger partial charge in [0.15, 0.2) is 11.8 Å². The zero-order valence-corrected chi connectivity index (χ0v) is 19.2. The van der Waals surface area contributed by atoms with Gasteiger partial charge < -0.3 is 25.2 Å². The second-order valence-corrected chi connectivity index (χ2v) is 8.97. The molecule has 0 bridgehead atoms. The lowest BCUT2D eigenvalue weighted by atomic mass is 9.82. The number of rotatable bonds is 7. The Labute approximate surface area is 197 Å². The van der Waals surface area contributed by atoms with Crippen molar-refractivity contribution < 1.29 is 34.1 Å². The molecule has 0 radical (unpaired) electrons. The van der Waals surface area contributed by atoms with Crippen LogP contribution >= 0.6 is 0 Å². The summed E-state index contributed by atoms with van der Waals surface area (Å²) in [7, 11) is 0. The molecule has 10 nitrogen and oxygen atoms in total. The summed E-state index contributed by atoms with van der Waals surface area (Å²) in [4.78, 5) is 51.7. The Morgan fingerprint density at radius 1 is 1.35 bits per heavy atom. The summed E-state index contributed by atoms with van der Waals surface area (Å²) < 4.78 is 5.16. The van der Waals surface area contributed by atoms with Gasteiger partial charge >= 0.3 is 5.97 Å². The van der Waals surface area contributed by atoms with E-state index < -0.39 is 29.6 Å². The van der Waals surface area contributed by atoms with Crippen LogP contribution in [0.25, 0.3) is 0 Å². The van der Waals surface area contributed by atoms with Crippen molar-refractivity contribution >= 4 is 35.1 Å². The highest BCUT2D eigenvalue weighted by Crippen LogP contribution is 2.44. The van der Waals surface area contributed by atoms with Crippen LogP contribution in [-0.4, -0.2) is 64.2 Å². The van der Waals surface area contributed by atoms with Crippen LogP contribution < -0.4 is 10.2 Å². The second-order valence-electron chi connectivity index (χ2n) is 8.97. The molecule has 0 spiro atoms. The molecule has 34 heavy (non-hydrogen) atoms. The molecule has 1 aromatic carbocycles. The maximum atomic E-state index is 12.8. The summed E-state index contributed by atoms with van der Waals surface area (Å²) in [5.74, 6) is -2.14. The van der Waals surface area contributed by atoms with Crippen LogP contribution in [0.1, 0.15) is 45.1 Å². The van der Waals surface area contributed by atoms with E-state index in [0.29, 0.717) is 23.5 Å². The van der Waals surface area contributed by atoms with Crippen molar-refractivity contribution in [2.45, 2.75) is 57.4 Å². The number of carbonyl (C=O) groups is 4. The molecule has 3 heterocycles. The van der Waals surface area contributed by atoms with E-state index in [1.54, 1.807) is 42.2 Å². The third-order valence-corrected chi connectivity index (χ3v) is 6.78. The minimum Gasteiger partial charge on any atom is -0.441 e. The van der Waals surface area contributed by atoms with Crippen molar-refractivity contribution in [1.82, 2.24) is 4.90 Å². The highest BCUT2D eigenvalue weighted by Gasteiger charge is 2.49. The normalized spacial score (nSPS) is 26.9. The standard InChI is InChI=1S/C24H29N3O7/c1-14(5-3-7-20(30)26-10-4-6-17(26)13-28)24(33)18-11-16(8-9-19(18)25-23(24)32)27-21(31)12-22(27)34-15(2)29/h3,5,8-9,11,14,17,22,28,33H,4,6-7,10,12-13H2,1-2H3,(H,25,32)/b5-3+/t14-,17+,22?,24+/m1/s1. The van der Waals surface area contributed by atoms with Gasteiger partial charge in [-0.2, -0.15) is 0 Å². The first-order chi connectivity index (χ1) is 16.2. The third-order valence-electron chi connectivity index (χ3n) is 6.78. The Bertz CT molecular complexity index is 1060. The van der Waals surface area contributed by atoms with Crippen molar-refractivity contribution in [2.75, 3.05) is 23.4 Å². The first-order valence-corrected chi connectivity index (χ1v) is 11.4. The summed E-state index contributed by atoms with van der Waals surface area (Å²) in [6.45, 7) is 3.48. The summed E-state index contributed by atoms with van der Waals surface area (Å²) in [5, 5.41) is 23.5. The Morgan fingerprint density at radius 2 is 2.12 bits per heavy atom. The average Bonchev–Trinajstić information content (AvgIpc) is 3.36. The molecule has 1 aromatic rings. The molecule has 3 aliphatic rings. The molecule has 2 saturated heterocycles. The summed E-state index contributed by atoms with van der Waals surface area (Å²) in [5.41, 5.74) is -0.768. The first-order valence-electron chi connectivity index (χ1n) is 11.4. The van der Waals surface area contributed by atoms with Crippen molar-refractivity contribution in [3.05, 3.63) is 35.9 Å². The van der Waals surface area contributed by atoms with Gasteiger partial charge in [0, 0.05) is 42.7 Å². The number of likely N-dealkylation sites (tertiary alicyclic amines) is 1. The lowest BCUT2D eigenvalue weighted by Crippen LogP contribution is -2.55. The minimum absolute atomic E-state index is 0.0667. The molecule has 3 amide bonds. The number of nitrogens with zero attached hydrogens (tertiary/aromatic N) is 2. The topological polar surface area (TPSA) is 136 Å². The number of aliphatic hydroxyl groups excluding tert-OH is 1. The van der Waals surface area contributed by atoms with Crippen molar-refractivity contribution in [3.63, 3.8) is 0 Å². The fraction of sp³-hybridized carbons (Fsp3) is 0.500. The lowest BCUT2D eigenvalue weighted by molar-refractivity contribution is -0.154. The second kappa shape index (κ2) is 9.19. The third kappa shape index (κ3) is 4.07. The molecule has 1 unspecified atom stereocenters. The number of β-lactam (4-membered cyclic amide) rings is 1. The summed E-state index contributed by atoms with van der Waals surface area (Å²) >= 11 is 0. The Morgan fingerprint density at radius 3 is 2.79 bits per heavy atom. The van der Waals surface area contributed by atoms with Crippen LogP contribution in [0.3, 0.4) is 0 Å². The number of carbonyl (C=O) groups excluding carboxylic acids is 4. The molecule has 4 rings (SSSR count). The molecule has 4 atom stereocenters. The van der Waals surface area contributed by atoms with E-state index in [2.05, 4.69) is 5.32 Å². The van der Waals surface area contributed by atoms with Crippen molar-refractivity contribution in [3.8, 4) is 0 Å². The summed E-state index contributed by atoms with van der Waals surface area (Å²) in [6.07, 6.45) is 4.32. The van der Waals surface area contributed by atoms with Gasteiger partial charge in [0.25, 0.3) is 5.91 Å². The largest absolute Gasteiger partial charge is 0.441 e. The maximum absolute atomic E-state index is 12.8. The molecule has 2 fully saturated rings. The van der Waals surface area contributed by atoms with E-state index >= 15 is 0 Å². The summed E-state index contributed by atoms with van der Waals surface area (Å²) in [6, 6.07) is 4.60. The quantitative estimate of drug-likeness (QED) is 0.307. The van der Waals surface area contributed by atoms with E-state index in [1.165, 1.54) is 11.8 Å². The smallest absolute Gasteiger partial charge is 0.304 e. The van der Waals surface area contributed by atoms with Crippen LogP contribution in [0.15, 0.2) is 30.4 Å². The van der Waals surface area contributed by atoms with Crippen molar-refractivity contribution in [2.24, 2.45) is 5.92 Å². The SMILES string of the molecule is CC(=O)OC1CC(=O)N1c1ccc2c(c1)[C@@](O)([C@H](C)/C=C/CC(=O)N1CCC[C@H]1CO)C(=O)N2. The van der Waals surface area contributed by atoms with Gasteiger partial charge in [0.05, 0.1) is 19.1 Å². The van der Waals surface area contributed by atoms with Crippen LogP contribution in [0, 0.1) is 5.92 Å². The Balaban J connectivity index is 1.52. The molecule has 0 aliphatic carbocycles. The monoisotopic (exact) mass is 471 g/mol. The van der Waals surface area contributed by atoms with Gasteiger partial charge in [-0.05, 0) is 31.0 Å². The Kier molecular flexibility index (Phi) is 6.46. The van der Waals surface area contributed by atoms with Crippen LogP contribution in [0.5, 0.6) is 0 Å². The molecular weight excluding hydrogens is 442 g/mol. The van der Waals surface area contributed by atoms with Gasteiger partial charge in [-0.25, -0.2) is 0 Å². The Hall–Kier alpha value is -3.24. The van der Waals surface area contributed by atoms with Crippen LogP contribution in [-0.2, 0) is 29.5 Å². The molecule has 0 saturated carbocycles. The number of benzene rings is 1. The molecule has 3 aliphatic heterocycles. The number of esters is 1. The number of ether oxygens (including phenoxy) is 1. The molecule has 0 aromatic heterocycles. The lowest BCUT2D eigenvalue weighted by Gasteiger charge is -2.39. The highest BCUT2D eigenvalue weighted by molar-refractivity contribution is 6.07. The number of aliphatic hydroxyl groups is 2. The fourth-order valence-corrected chi connectivity index (χ4v) is 4.87. The zero-order chi connectivity index (χ0) is 24.6. The van der Waals surface area contributed by atoms with Gasteiger partial charge in [0.2, 0.25) is 11.8 Å². The molecular formula is C24H29N3O7. The van der Waals surface area contributed by atoms with Gasteiger partial charge in [-0.1, -0.05) is 19.1 Å². The fourth-order valence-electron chi connectivity index (χ4n) is 4.87. The number of anilines is 2. The van der Waals surface area contributed by atoms with Gasteiger partial charge in [-0.3, -0.25) is 24.1 Å². The van der Waals surface area contributed by atoms with Crippen LogP contribution in [0.4, 0.5) is 11.4 Å². The van der Waals surface area contributed by atoms with E-state index in [-0.39, 0.29) is 37.3 Å². The number of nitrogens with one attached hydrogen (secondary N) is 1. The molecule has 10 heteroatoms. The number of fused-ring (bicyclic) bond motifs is 1. The highest BCUT2D eigenvalue weighted by atomic mass is 16.6. The molecule has 182 valence electrons. The van der Waals surface area contributed by atoms with E-state index in [4.69, 9.17) is 4.74 Å².